The number of rotatable bonds is 5. The van der Waals surface area contributed by atoms with Gasteiger partial charge in [0.2, 0.25) is 0 Å². The number of likely N-dealkylation sites (tertiary alicyclic amines) is 1. The van der Waals surface area contributed by atoms with Crippen LogP contribution in [-0.2, 0) is 0 Å². The monoisotopic (exact) mass is 528 g/mol. The Balaban J connectivity index is 1.31. The van der Waals surface area contributed by atoms with Crippen molar-refractivity contribution in [3.63, 3.8) is 0 Å². The van der Waals surface area contributed by atoms with Crippen molar-refractivity contribution < 1.29 is 4.74 Å². The highest BCUT2D eigenvalue weighted by molar-refractivity contribution is 6.36. The minimum atomic E-state index is 0.404. The van der Waals surface area contributed by atoms with Crippen LogP contribution in [0.4, 0.5) is 5.82 Å². The molecule has 0 saturated carbocycles. The molecule has 38 heavy (non-hydrogen) atoms. The molecule has 2 aromatic carbocycles. The highest BCUT2D eigenvalue weighted by Gasteiger charge is 2.31. The molecule has 0 radical (unpaired) electrons. The van der Waals surface area contributed by atoms with Gasteiger partial charge in [-0.15, -0.1) is 0 Å². The largest absolute Gasteiger partial charge is 0.462 e. The fraction of sp³-hybridized carbons (Fsp3) is 0.433. The summed E-state index contributed by atoms with van der Waals surface area (Å²) in [5, 5.41) is 7.48. The third kappa shape index (κ3) is 4.46. The zero-order valence-corrected chi connectivity index (χ0v) is 22.5. The van der Waals surface area contributed by atoms with Crippen LogP contribution in [0.25, 0.3) is 32.9 Å². The maximum absolute atomic E-state index is 6.65. The number of aromatic nitrogens is 3. The highest BCUT2D eigenvalue weighted by Crippen LogP contribution is 2.36. The molecule has 3 aliphatic rings. The van der Waals surface area contributed by atoms with Crippen molar-refractivity contribution in [1.82, 2.24) is 25.2 Å². The molecule has 2 bridgehead atoms. The first-order chi connectivity index (χ1) is 18.6. The van der Waals surface area contributed by atoms with E-state index in [-0.39, 0.29) is 0 Å². The maximum atomic E-state index is 6.65. The second-order valence-corrected chi connectivity index (χ2v) is 11.5. The SMILES string of the molecule is CN1CCC[C@H]1COc1nc(N2CCC3CNC(C3)C2)c2cnc(-c3cccc4cccc(Cl)c34)cc2n1. The number of halogens is 1. The summed E-state index contributed by atoms with van der Waals surface area (Å²) in [7, 11) is 2.17. The number of pyridine rings is 1. The van der Waals surface area contributed by atoms with E-state index in [9.17, 15) is 0 Å². The van der Waals surface area contributed by atoms with Crippen molar-refractivity contribution in [2.24, 2.45) is 5.92 Å². The van der Waals surface area contributed by atoms with E-state index in [2.05, 4.69) is 52.5 Å². The lowest BCUT2D eigenvalue weighted by Crippen LogP contribution is -2.39. The van der Waals surface area contributed by atoms with Crippen LogP contribution in [-0.4, -0.2) is 71.8 Å². The first-order valence-corrected chi connectivity index (χ1v) is 14.2. The number of benzene rings is 2. The molecule has 2 unspecified atom stereocenters. The zero-order valence-electron chi connectivity index (χ0n) is 21.7. The van der Waals surface area contributed by atoms with E-state index in [4.69, 9.17) is 31.3 Å². The number of anilines is 1. The number of nitrogens with zero attached hydrogens (tertiary/aromatic N) is 5. The van der Waals surface area contributed by atoms with Gasteiger partial charge in [0.1, 0.15) is 12.4 Å². The Morgan fingerprint density at radius 2 is 2.00 bits per heavy atom. The van der Waals surface area contributed by atoms with Crippen molar-refractivity contribution in [2.75, 3.05) is 44.7 Å². The first kappa shape index (κ1) is 24.1. The molecule has 3 aliphatic heterocycles. The molecule has 3 fully saturated rings. The molecule has 7 nitrogen and oxygen atoms in total. The number of ether oxygens (including phenoxy) is 1. The van der Waals surface area contributed by atoms with Gasteiger partial charge >= 0.3 is 6.01 Å². The van der Waals surface area contributed by atoms with Crippen LogP contribution in [0, 0.1) is 5.92 Å². The summed E-state index contributed by atoms with van der Waals surface area (Å²) >= 11 is 6.65. The van der Waals surface area contributed by atoms with Crippen LogP contribution in [0.5, 0.6) is 6.01 Å². The van der Waals surface area contributed by atoms with Crippen molar-refractivity contribution in [1.29, 1.82) is 0 Å². The molecule has 5 heterocycles. The summed E-state index contributed by atoms with van der Waals surface area (Å²) in [6.07, 6.45) is 6.69. The Morgan fingerprint density at radius 3 is 2.87 bits per heavy atom. The van der Waals surface area contributed by atoms with E-state index in [1.807, 2.05) is 18.3 Å². The summed E-state index contributed by atoms with van der Waals surface area (Å²) < 4.78 is 6.28. The molecular formula is C30H33ClN6O. The van der Waals surface area contributed by atoms with Gasteiger partial charge < -0.3 is 19.9 Å². The molecule has 1 N–H and O–H groups in total. The number of fused-ring (bicyclic) bond motifs is 4. The van der Waals surface area contributed by atoms with Gasteiger partial charge in [-0.25, -0.2) is 0 Å². The molecule has 0 amide bonds. The van der Waals surface area contributed by atoms with Gasteiger partial charge in [-0.1, -0.05) is 41.9 Å². The summed E-state index contributed by atoms with van der Waals surface area (Å²) in [4.78, 5) is 19.6. The summed E-state index contributed by atoms with van der Waals surface area (Å²) in [5.74, 6) is 1.67. The minimum absolute atomic E-state index is 0.404. The highest BCUT2D eigenvalue weighted by atomic mass is 35.5. The lowest BCUT2D eigenvalue weighted by molar-refractivity contribution is 0.188. The quantitative estimate of drug-likeness (QED) is 0.384. The predicted molar refractivity (Wildman–Crippen MR) is 153 cm³/mol. The van der Waals surface area contributed by atoms with E-state index in [1.165, 1.54) is 12.8 Å². The zero-order chi connectivity index (χ0) is 25.6. The number of likely N-dealkylation sites (N-methyl/N-ethyl adjacent to an activating group) is 1. The predicted octanol–water partition coefficient (Wildman–Crippen LogP) is 5.16. The van der Waals surface area contributed by atoms with Crippen LogP contribution in [0.1, 0.15) is 25.7 Å². The molecule has 4 aromatic rings. The van der Waals surface area contributed by atoms with Gasteiger partial charge in [-0.2, -0.15) is 9.97 Å². The Hall–Kier alpha value is -3.00. The number of hydrogen-bond acceptors (Lipinski definition) is 7. The molecule has 0 spiro atoms. The first-order valence-electron chi connectivity index (χ1n) is 13.8. The maximum Gasteiger partial charge on any atom is 0.319 e. The average molecular weight is 529 g/mol. The van der Waals surface area contributed by atoms with Crippen LogP contribution >= 0.6 is 11.6 Å². The second-order valence-electron chi connectivity index (χ2n) is 11.1. The second kappa shape index (κ2) is 9.95. The summed E-state index contributed by atoms with van der Waals surface area (Å²) in [6, 6.07) is 15.6. The van der Waals surface area contributed by atoms with E-state index in [0.29, 0.717) is 24.7 Å². The third-order valence-electron chi connectivity index (χ3n) is 8.61. The van der Waals surface area contributed by atoms with E-state index >= 15 is 0 Å². The molecular weight excluding hydrogens is 496 g/mol. The van der Waals surface area contributed by atoms with Gasteiger partial charge in [-0.05, 0) is 69.3 Å². The number of hydrogen-bond donors (Lipinski definition) is 1. The van der Waals surface area contributed by atoms with Crippen molar-refractivity contribution in [3.8, 4) is 17.3 Å². The van der Waals surface area contributed by atoms with E-state index in [1.54, 1.807) is 0 Å². The molecule has 196 valence electrons. The normalized spacial score (nSPS) is 23.8. The summed E-state index contributed by atoms with van der Waals surface area (Å²) in [6.45, 7) is 4.77. The third-order valence-corrected chi connectivity index (χ3v) is 8.92. The van der Waals surface area contributed by atoms with Gasteiger partial charge in [0.15, 0.2) is 0 Å². The van der Waals surface area contributed by atoms with Gasteiger partial charge in [0.25, 0.3) is 0 Å². The average Bonchev–Trinajstić information content (AvgIpc) is 3.50. The van der Waals surface area contributed by atoms with Crippen molar-refractivity contribution in [2.45, 2.75) is 37.8 Å². The lowest BCUT2D eigenvalue weighted by Gasteiger charge is -2.27. The lowest BCUT2D eigenvalue weighted by atomic mass is 10.0. The molecule has 0 aliphatic carbocycles. The van der Waals surface area contributed by atoms with Crippen LogP contribution in [0.2, 0.25) is 5.02 Å². The van der Waals surface area contributed by atoms with E-state index in [0.717, 1.165) is 88.7 Å². The fourth-order valence-corrected chi connectivity index (χ4v) is 6.74. The Kier molecular flexibility index (Phi) is 6.30. The van der Waals surface area contributed by atoms with Crippen LogP contribution < -0.4 is 15.0 Å². The fourth-order valence-electron chi connectivity index (χ4n) is 6.46. The van der Waals surface area contributed by atoms with Gasteiger partial charge in [-0.3, -0.25) is 4.98 Å². The Labute approximate surface area is 228 Å². The van der Waals surface area contributed by atoms with Crippen LogP contribution in [0.15, 0.2) is 48.7 Å². The van der Waals surface area contributed by atoms with Gasteiger partial charge in [0, 0.05) is 47.3 Å². The smallest absolute Gasteiger partial charge is 0.319 e. The molecule has 3 saturated heterocycles. The van der Waals surface area contributed by atoms with E-state index < -0.39 is 0 Å². The Bertz CT molecular complexity index is 1490. The molecule has 3 atom stereocenters. The molecule has 8 heteroatoms. The van der Waals surface area contributed by atoms with Gasteiger partial charge in [0.05, 0.1) is 16.6 Å². The summed E-state index contributed by atoms with van der Waals surface area (Å²) in [5.41, 5.74) is 2.70. The topological polar surface area (TPSA) is 66.4 Å². The minimum Gasteiger partial charge on any atom is -0.462 e. The molecule has 2 aromatic heterocycles. The van der Waals surface area contributed by atoms with Crippen LogP contribution in [0.3, 0.4) is 0 Å². The van der Waals surface area contributed by atoms with Crippen molar-refractivity contribution >= 4 is 39.1 Å². The standard InChI is InChI=1S/C30H33ClN6O/c1-36-11-4-7-22(36)18-38-30-34-27-14-26(23-8-2-5-20-6-3-9-25(31)28(20)23)33-16-24(27)29(35-30)37-12-10-19-13-21(17-37)32-15-19/h2-3,5-6,8-9,14,16,19,21-22,32H,4,7,10-13,15,17-18H2,1H3/t19?,21?,22-/m0/s1. The molecule has 7 rings (SSSR count). The Morgan fingerprint density at radius 1 is 1.11 bits per heavy atom. The van der Waals surface area contributed by atoms with Crippen molar-refractivity contribution in [3.05, 3.63) is 53.7 Å². The number of nitrogens with one attached hydrogen (secondary N) is 1.